The second-order valence-electron chi connectivity index (χ2n) is 5.78. The van der Waals surface area contributed by atoms with Gasteiger partial charge < -0.3 is 5.32 Å². The Morgan fingerprint density at radius 2 is 2.06 bits per heavy atom. The zero-order valence-electron chi connectivity index (χ0n) is 12.3. The van der Waals surface area contributed by atoms with E-state index in [2.05, 4.69) is 57.8 Å². The predicted molar refractivity (Wildman–Crippen MR) is 83.4 cm³/mol. The topological polar surface area (TPSA) is 12.0 Å². The Bertz CT molecular complexity index is 367. The van der Waals surface area contributed by atoms with Gasteiger partial charge in [0.2, 0.25) is 0 Å². The monoisotopic (exact) mass is 265 g/mol. The van der Waals surface area contributed by atoms with E-state index in [-0.39, 0.29) is 5.41 Å². The van der Waals surface area contributed by atoms with Gasteiger partial charge in [-0.05, 0) is 37.4 Å². The van der Waals surface area contributed by atoms with E-state index < -0.39 is 0 Å². The maximum Gasteiger partial charge on any atom is 0.00571 e. The molecule has 0 aliphatic rings. The minimum atomic E-state index is 0.157. The fourth-order valence-electron chi connectivity index (χ4n) is 1.96. The maximum atomic E-state index is 4.02. The van der Waals surface area contributed by atoms with Gasteiger partial charge in [-0.25, -0.2) is 0 Å². The fraction of sp³-hybridized carbons (Fsp3) is 0.625. The minimum absolute atomic E-state index is 0.157. The van der Waals surface area contributed by atoms with Crippen molar-refractivity contribution in [1.29, 1.82) is 0 Å². The summed E-state index contributed by atoms with van der Waals surface area (Å²) in [4.78, 5) is 2.95. The number of aryl methyl sites for hydroxylation is 1. The summed E-state index contributed by atoms with van der Waals surface area (Å²) >= 11 is 1.94. The third kappa shape index (κ3) is 4.95. The summed E-state index contributed by atoms with van der Waals surface area (Å²) in [7, 11) is 0. The van der Waals surface area contributed by atoms with Crippen molar-refractivity contribution < 1.29 is 0 Å². The van der Waals surface area contributed by atoms with Gasteiger partial charge in [0.05, 0.1) is 0 Å². The van der Waals surface area contributed by atoms with Crippen LogP contribution in [-0.4, -0.2) is 13.1 Å². The highest BCUT2D eigenvalue weighted by atomic mass is 32.1. The van der Waals surface area contributed by atoms with E-state index in [0.717, 1.165) is 25.9 Å². The van der Waals surface area contributed by atoms with Gasteiger partial charge in [0, 0.05) is 21.7 Å². The summed E-state index contributed by atoms with van der Waals surface area (Å²) in [6.45, 7) is 15.1. The Morgan fingerprint density at radius 3 is 2.56 bits per heavy atom. The molecule has 102 valence electrons. The Balaban J connectivity index is 2.55. The molecule has 0 aromatic carbocycles. The summed E-state index contributed by atoms with van der Waals surface area (Å²) in [6.07, 6.45) is 4.33. The predicted octanol–water partition coefficient (Wildman–Crippen LogP) is 4.29. The molecule has 0 fully saturated rings. The Morgan fingerprint density at radius 1 is 1.39 bits per heavy atom. The maximum absolute atomic E-state index is 4.02. The molecule has 1 N–H and O–H groups in total. The van der Waals surface area contributed by atoms with Crippen molar-refractivity contribution in [1.82, 2.24) is 5.32 Å². The normalized spacial score (nSPS) is 14.7. The van der Waals surface area contributed by atoms with Crippen molar-refractivity contribution in [2.45, 2.75) is 40.5 Å². The van der Waals surface area contributed by atoms with Crippen molar-refractivity contribution in [2.75, 3.05) is 13.1 Å². The van der Waals surface area contributed by atoms with Gasteiger partial charge in [-0.3, -0.25) is 0 Å². The molecule has 1 rings (SSSR count). The molecule has 1 aromatic rings. The lowest BCUT2D eigenvalue weighted by Crippen LogP contribution is -2.33. The smallest absolute Gasteiger partial charge is 0.00571 e. The van der Waals surface area contributed by atoms with Crippen LogP contribution in [0.1, 0.15) is 37.4 Å². The first-order valence-electron chi connectivity index (χ1n) is 6.91. The number of rotatable bonds is 8. The van der Waals surface area contributed by atoms with Crippen molar-refractivity contribution in [3.8, 4) is 0 Å². The summed E-state index contributed by atoms with van der Waals surface area (Å²) in [5.74, 6) is 0.701. The van der Waals surface area contributed by atoms with E-state index in [1.807, 2.05) is 11.3 Å². The number of nitrogens with one attached hydrogen (secondary N) is 1. The molecule has 18 heavy (non-hydrogen) atoms. The third-order valence-corrected chi connectivity index (χ3v) is 4.45. The molecule has 0 saturated heterocycles. The average molecular weight is 265 g/mol. The second-order valence-corrected chi connectivity index (χ2v) is 7.03. The van der Waals surface area contributed by atoms with Crippen molar-refractivity contribution in [3.05, 3.63) is 34.5 Å². The molecule has 2 heteroatoms. The van der Waals surface area contributed by atoms with Crippen LogP contribution in [0.4, 0.5) is 0 Å². The molecule has 0 amide bonds. The standard InChI is InChI=1S/C16H27NS/c1-6-14-8-9-15(18-14)10-16(5,7-2)12-17-11-13(3)4/h7-9,13,17H,2,6,10-12H2,1,3-5H3. The van der Waals surface area contributed by atoms with E-state index in [1.165, 1.54) is 9.75 Å². The van der Waals surface area contributed by atoms with E-state index in [4.69, 9.17) is 0 Å². The molecular weight excluding hydrogens is 238 g/mol. The van der Waals surface area contributed by atoms with Crippen molar-refractivity contribution in [3.63, 3.8) is 0 Å². The molecule has 1 heterocycles. The van der Waals surface area contributed by atoms with Crippen molar-refractivity contribution >= 4 is 11.3 Å². The van der Waals surface area contributed by atoms with E-state index >= 15 is 0 Å². The third-order valence-electron chi connectivity index (χ3n) is 3.22. The SMILES string of the molecule is C=CC(C)(CNCC(C)C)Cc1ccc(CC)s1. The number of hydrogen-bond acceptors (Lipinski definition) is 2. The van der Waals surface area contributed by atoms with E-state index in [9.17, 15) is 0 Å². The lowest BCUT2D eigenvalue weighted by Gasteiger charge is -2.26. The van der Waals surface area contributed by atoms with Crippen LogP contribution < -0.4 is 5.32 Å². The molecule has 0 aliphatic heterocycles. The van der Waals surface area contributed by atoms with Gasteiger partial charge in [0.15, 0.2) is 0 Å². The van der Waals surface area contributed by atoms with Gasteiger partial charge in [-0.1, -0.05) is 33.8 Å². The highest BCUT2D eigenvalue weighted by molar-refractivity contribution is 7.11. The molecular formula is C16H27NS. The van der Waals surface area contributed by atoms with Crippen LogP contribution >= 0.6 is 11.3 Å². The quantitative estimate of drug-likeness (QED) is 0.691. The van der Waals surface area contributed by atoms with E-state index in [1.54, 1.807) is 0 Å². The molecule has 0 spiro atoms. The molecule has 1 nitrogen and oxygen atoms in total. The Hall–Kier alpha value is -0.600. The van der Waals surface area contributed by atoms with Gasteiger partial charge in [-0.2, -0.15) is 0 Å². The first kappa shape index (κ1) is 15.5. The van der Waals surface area contributed by atoms with E-state index in [0.29, 0.717) is 5.92 Å². The molecule has 0 aliphatic carbocycles. The van der Waals surface area contributed by atoms with Gasteiger partial charge in [0.1, 0.15) is 0 Å². The largest absolute Gasteiger partial charge is 0.316 e. The summed E-state index contributed by atoms with van der Waals surface area (Å²) in [5.41, 5.74) is 0.157. The molecule has 0 bridgehead atoms. The lowest BCUT2D eigenvalue weighted by molar-refractivity contribution is 0.380. The summed E-state index contributed by atoms with van der Waals surface area (Å²) in [6, 6.07) is 4.53. The van der Waals surface area contributed by atoms with Crippen LogP contribution in [0.2, 0.25) is 0 Å². The molecule has 0 radical (unpaired) electrons. The Labute approximate surface area is 116 Å². The zero-order valence-corrected chi connectivity index (χ0v) is 13.1. The molecule has 0 saturated carbocycles. The van der Waals surface area contributed by atoms with Crippen LogP contribution in [0.5, 0.6) is 0 Å². The fourth-order valence-corrected chi connectivity index (χ4v) is 3.11. The number of hydrogen-bond donors (Lipinski definition) is 1. The van der Waals surface area contributed by atoms with Crippen LogP contribution in [0.15, 0.2) is 24.8 Å². The van der Waals surface area contributed by atoms with Gasteiger partial charge >= 0.3 is 0 Å². The summed E-state index contributed by atoms with van der Waals surface area (Å²) in [5, 5.41) is 3.55. The van der Waals surface area contributed by atoms with Gasteiger partial charge in [-0.15, -0.1) is 17.9 Å². The first-order valence-corrected chi connectivity index (χ1v) is 7.72. The van der Waals surface area contributed by atoms with Gasteiger partial charge in [0.25, 0.3) is 0 Å². The van der Waals surface area contributed by atoms with Crippen LogP contribution in [0.25, 0.3) is 0 Å². The highest BCUT2D eigenvalue weighted by Crippen LogP contribution is 2.27. The number of thiophene rings is 1. The molecule has 1 unspecified atom stereocenters. The van der Waals surface area contributed by atoms with Crippen molar-refractivity contribution in [2.24, 2.45) is 11.3 Å². The Kier molecular flexibility index (Phi) is 6.10. The average Bonchev–Trinajstić information content (AvgIpc) is 2.76. The second kappa shape index (κ2) is 7.10. The minimum Gasteiger partial charge on any atom is -0.316 e. The lowest BCUT2D eigenvalue weighted by atomic mass is 9.86. The zero-order chi connectivity index (χ0) is 13.6. The molecule has 1 aromatic heterocycles. The first-order chi connectivity index (χ1) is 8.49. The molecule has 1 atom stereocenters. The van der Waals surface area contributed by atoms with Crippen LogP contribution in [-0.2, 0) is 12.8 Å². The highest BCUT2D eigenvalue weighted by Gasteiger charge is 2.21. The van der Waals surface area contributed by atoms with Crippen LogP contribution in [0.3, 0.4) is 0 Å². The summed E-state index contributed by atoms with van der Waals surface area (Å²) < 4.78 is 0. The van der Waals surface area contributed by atoms with Crippen LogP contribution in [0, 0.1) is 11.3 Å².